The number of hydrogen-bond donors (Lipinski definition) is 2. The van der Waals surface area contributed by atoms with Gasteiger partial charge in [-0.3, -0.25) is 9.59 Å². The van der Waals surface area contributed by atoms with Crippen LogP contribution in [0.3, 0.4) is 0 Å². The van der Waals surface area contributed by atoms with Crippen molar-refractivity contribution < 1.29 is 14.7 Å². The fraction of sp³-hybridized carbons (Fsp3) is 0.556. The van der Waals surface area contributed by atoms with E-state index in [0.717, 1.165) is 24.1 Å². The second-order valence-corrected chi connectivity index (χ2v) is 6.01. The number of carbonyl (C=O) groups is 2. The van der Waals surface area contributed by atoms with Crippen molar-refractivity contribution in [3.8, 4) is 0 Å². The maximum Gasteiger partial charge on any atom is 0.227 e. The molecule has 1 aliphatic rings. The molecule has 5 heteroatoms. The highest BCUT2D eigenvalue weighted by atomic mass is 16.3. The molecular formula is C18H26N2O3. The summed E-state index contributed by atoms with van der Waals surface area (Å²) in [5.41, 5.74) is 2.03. The van der Waals surface area contributed by atoms with E-state index in [0.29, 0.717) is 13.0 Å². The monoisotopic (exact) mass is 318 g/mol. The van der Waals surface area contributed by atoms with E-state index in [9.17, 15) is 9.59 Å². The van der Waals surface area contributed by atoms with Crippen LogP contribution in [0.2, 0.25) is 0 Å². The third kappa shape index (κ3) is 4.10. The lowest BCUT2D eigenvalue weighted by molar-refractivity contribution is -0.127. The zero-order valence-electron chi connectivity index (χ0n) is 13.9. The first-order valence-electron chi connectivity index (χ1n) is 8.40. The number of para-hydroxylation sites is 1. The van der Waals surface area contributed by atoms with Gasteiger partial charge in [0, 0.05) is 31.3 Å². The Kier molecular flexibility index (Phi) is 6.16. The van der Waals surface area contributed by atoms with Crippen LogP contribution in [-0.4, -0.2) is 36.1 Å². The van der Waals surface area contributed by atoms with Crippen LogP contribution in [0.1, 0.15) is 38.7 Å². The van der Waals surface area contributed by atoms with Crippen LogP contribution in [0, 0.1) is 5.92 Å². The van der Waals surface area contributed by atoms with E-state index >= 15 is 0 Å². The Hall–Kier alpha value is -1.88. The Morgan fingerprint density at radius 1 is 1.39 bits per heavy atom. The minimum atomic E-state index is -0.319. The molecule has 2 atom stereocenters. The van der Waals surface area contributed by atoms with Crippen LogP contribution >= 0.6 is 0 Å². The summed E-state index contributed by atoms with van der Waals surface area (Å²) in [6.45, 7) is 4.52. The molecule has 0 radical (unpaired) electrons. The zero-order valence-corrected chi connectivity index (χ0v) is 13.9. The summed E-state index contributed by atoms with van der Waals surface area (Å²) in [7, 11) is 0. The molecule has 2 N–H and O–H groups in total. The lowest BCUT2D eigenvalue weighted by Gasteiger charge is -2.21. The van der Waals surface area contributed by atoms with Gasteiger partial charge in [0.1, 0.15) is 0 Å². The number of rotatable bonds is 7. The Balaban J connectivity index is 2.06. The molecule has 23 heavy (non-hydrogen) atoms. The summed E-state index contributed by atoms with van der Waals surface area (Å²) >= 11 is 0. The van der Waals surface area contributed by atoms with Crippen molar-refractivity contribution in [3.63, 3.8) is 0 Å². The average Bonchev–Trinajstić information content (AvgIpc) is 2.96. The molecule has 1 saturated heterocycles. The lowest BCUT2D eigenvalue weighted by atomic mass is 10.1. The van der Waals surface area contributed by atoms with Crippen molar-refractivity contribution >= 4 is 17.5 Å². The smallest absolute Gasteiger partial charge is 0.227 e. The minimum Gasteiger partial charge on any atom is -0.396 e. The van der Waals surface area contributed by atoms with Crippen LogP contribution in [0.4, 0.5) is 5.69 Å². The van der Waals surface area contributed by atoms with E-state index in [1.165, 1.54) is 0 Å². The van der Waals surface area contributed by atoms with Gasteiger partial charge in [-0.1, -0.05) is 32.0 Å². The highest BCUT2D eigenvalue weighted by molar-refractivity contribution is 6.00. The molecule has 1 aromatic rings. The van der Waals surface area contributed by atoms with Crippen LogP contribution in [0.15, 0.2) is 24.3 Å². The molecule has 1 aliphatic heterocycles. The second kappa shape index (κ2) is 8.11. The number of hydrogen-bond acceptors (Lipinski definition) is 3. The summed E-state index contributed by atoms with van der Waals surface area (Å²) in [4.78, 5) is 26.5. The largest absolute Gasteiger partial charge is 0.396 e. The summed E-state index contributed by atoms with van der Waals surface area (Å²) in [5.74, 6) is -0.406. The molecular weight excluding hydrogens is 292 g/mol. The quantitative estimate of drug-likeness (QED) is 0.806. The van der Waals surface area contributed by atoms with E-state index in [1.54, 1.807) is 4.90 Å². The first kappa shape index (κ1) is 17.5. The van der Waals surface area contributed by atoms with Crippen molar-refractivity contribution in [3.05, 3.63) is 29.8 Å². The van der Waals surface area contributed by atoms with Gasteiger partial charge in [-0.2, -0.15) is 0 Å². The molecule has 0 aliphatic carbocycles. The molecule has 2 amide bonds. The van der Waals surface area contributed by atoms with E-state index in [1.807, 2.05) is 31.2 Å². The summed E-state index contributed by atoms with van der Waals surface area (Å²) in [5, 5.41) is 12.0. The normalized spacial score (nSPS) is 19.0. The van der Waals surface area contributed by atoms with Gasteiger partial charge in [-0.25, -0.2) is 0 Å². The fourth-order valence-corrected chi connectivity index (χ4v) is 3.04. The Bertz CT molecular complexity index is 559. The molecule has 0 bridgehead atoms. The van der Waals surface area contributed by atoms with Gasteiger partial charge < -0.3 is 15.3 Å². The van der Waals surface area contributed by atoms with Crippen molar-refractivity contribution in [1.82, 2.24) is 5.32 Å². The third-order valence-corrected chi connectivity index (χ3v) is 4.48. The number of amides is 2. The molecule has 0 aromatic heterocycles. The number of anilines is 1. The summed E-state index contributed by atoms with van der Waals surface area (Å²) in [6, 6.07) is 7.82. The number of carbonyl (C=O) groups excluding carboxylic acids is 2. The van der Waals surface area contributed by atoms with E-state index in [2.05, 4.69) is 12.2 Å². The molecule has 126 valence electrons. The highest BCUT2D eigenvalue weighted by Crippen LogP contribution is 2.28. The molecule has 0 spiro atoms. The standard InChI is InChI=1S/C18H26N2O3/c1-3-13-7-5-6-8-16(13)20-12-14(11-17(20)22)18(23)19-15(4-2)9-10-21/h5-8,14-15,21H,3-4,9-12H2,1-2H3,(H,19,23). The Morgan fingerprint density at radius 3 is 2.78 bits per heavy atom. The fourth-order valence-electron chi connectivity index (χ4n) is 3.04. The maximum absolute atomic E-state index is 12.4. The van der Waals surface area contributed by atoms with Gasteiger partial charge in [0.25, 0.3) is 0 Å². The predicted octanol–water partition coefficient (Wildman–Crippen LogP) is 1.88. The van der Waals surface area contributed by atoms with Crippen LogP contribution in [-0.2, 0) is 16.0 Å². The molecule has 1 aromatic carbocycles. The minimum absolute atomic E-state index is 0.00116. The molecule has 2 rings (SSSR count). The highest BCUT2D eigenvalue weighted by Gasteiger charge is 2.36. The van der Waals surface area contributed by atoms with Gasteiger partial charge in [-0.05, 0) is 30.9 Å². The van der Waals surface area contributed by atoms with Gasteiger partial charge in [0.05, 0.1) is 5.92 Å². The number of aryl methyl sites for hydroxylation is 1. The molecule has 0 saturated carbocycles. The van der Waals surface area contributed by atoms with E-state index in [-0.39, 0.29) is 36.8 Å². The van der Waals surface area contributed by atoms with Gasteiger partial charge >= 0.3 is 0 Å². The van der Waals surface area contributed by atoms with Gasteiger partial charge in [0.2, 0.25) is 11.8 Å². The SMILES string of the molecule is CCc1ccccc1N1CC(C(=O)NC(CC)CCO)CC1=O. The maximum atomic E-state index is 12.4. The van der Waals surface area contributed by atoms with Crippen molar-refractivity contribution in [2.45, 2.75) is 45.6 Å². The second-order valence-electron chi connectivity index (χ2n) is 6.01. The number of nitrogens with zero attached hydrogens (tertiary/aromatic N) is 1. The number of aliphatic hydroxyl groups is 1. The lowest BCUT2D eigenvalue weighted by Crippen LogP contribution is -2.40. The zero-order chi connectivity index (χ0) is 16.8. The molecule has 5 nitrogen and oxygen atoms in total. The average molecular weight is 318 g/mol. The number of aliphatic hydroxyl groups excluding tert-OH is 1. The molecule has 2 unspecified atom stereocenters. The summed E-state index contributed by atoms with van der Waals surface area (Å²) < 4.78 is 0. The van der Waals surface area contributed by atoms with Gasteiger partial charge in [0.15, 0.2) is 0 Å². The van der Waals surface area contributed by atoms with Crippen molar-refractivity contribution in [2.75, 3.05) is 18.1 Å². The summed E-state index contributed by atoms with van der Waals surface area (Å²) in [6.07, 6.45) is 2.42. The third-order valence-electron chi connectivity index (χ3n) is 4.48. The number of benzene rings is 1. The molecule has 1 heterocycles. The van der Waals surface area contributed by atoms with Crippen LogP contribution < -0.4 is 10.2 Å². The van der Waals surface area contributed by atoms with E-state index in [4.69, 9.17) is 5.11 Å². The van der Waals surface area contributed by atoms with E-state index < -0.39 is 0 Å². The predicted molar refractivity (Wildman–Crippen MR) is 90.2 cm³/mol. The molecule has 1 fully saturated rings. The Labute approximate surface area is 137 Å². The Morgan fingerprint density at radius 2 is 2.13 bits per heavy atom. The van der Waals surface area contributed by atoms with Crippen LogP contribution in [0.5, 0.6) is 0 Å². The van der Waals surface area contributed by atoms with Crippen molar-refractivity contribution in [1.29, 1.82) is 0 Å². The first-order valence-corrected chi connectivity index (χ1v) is 8.40. The first-order chi connectivity index (χ1) is 11.1. The van der Waals surface area contributed by atoms with Crippen LogP contribution in [0.25, 0.3) is 0 Å². The van der Waals surface area contributed by atoms with Crippen molar-refractivity contribution in [2.24, 2.45) is 5.92 Å². The van der Waals surface area contributed by atoms with Gasteiger partial charge in [-0.15, -0.1) is 0 Å². The topological polar surface area (TPSA) is 69.6 Å². The number of nitrogens with one attached hydrogen (secondary N) is 1.